The van der Waals surface area contributed by atoms with E-state index >= 15 is 0 Å². The number of nitrogen functional groups attached to an aromatic ring is 1. The highest BCUT2D eigenvalue weighted by atomic mass is 127. The van der Waals surface area contributed by atoms with E-state index in [1.807, 2.05) is 24.3 Å². The van der Waals surface area contributed by atoms with Crippen molar-refractivity contribution >= 4 is 51.1 Å². The molecule has 0 saturated heterocycles. The molecule has 1 amide bonds. The Bertz CT molecular complexity index is 829. The van der Waals surface area contributed by atoms with Gasteiger partial charge in [0.25, 0.3) is 5.91 Å². The van der Waals surface area contributed by atoms with Gasteiger partial charge in [0, 0.05) is 14.7 Å². The van der Waals surface area contributed by atoms with Gasteiger partial charge in [0.05, 0.1) is 10.5 Å². The molecular formula is C14H10ClIN4O. The first kappa shape index (κ1) is 14.3. The molecule has 0 saturated carbocycles. The number of nitrogens with two attached hydrogens (primary N) is 1. The highest BCUT2D eigenvalue weighted by Crippen LogP contribution is 2.27. The Morgan fingerprint density at radius 3 is 2.67 bits per heavy atom. The van der Waals surface area contributed by atoms with Crippen molar-refractivity contribution in [2.24, 2.45) is 5.84 Å². The maximum atomic E-state index is 11.6. The number of hydrazine groups is 1. The van der Waals surface area contributed by atoms with Crippen LogP contribution in [0.25, 0.3) is 22.4 Å². The molecule has 2 aromatic carbocycles. The summed E-state index contributed by atoms with van der Waals surface area (Å²) < 4.78 is 1.15. The van der Waals surface area contributed by atoms with Crippen molar-refractivity contribution in [3.05, 3.63) is 50.6 Å². The number of rotatable bonds is 2. The summed E-state index contributed by atoms with van der Waals surface area (Å²) in [5, 5.41) is 0.402. The summed E-state index contributed by atoms with van der Waals surface area (Å²) in [4.78, 5) is 19.3. The van der Waals surface area contributed by atoms with E-state index in [0.29, 0.717) is 27.4 Å². The molecule has 21 heavy (non-hydrogen) atoms. The Kier molecular flexibility index (Phi) is 3.83. The number of hydrogen-bond acceptors (Lipinski definition) is 3. The summed E-state index contributed by atoms with van der Waals surface area (Å²) in [5.74, 6) is 5.44. The van der Waals surface area contributed by atoms with Crippen molar-refractivity contribution in [2.45, 2.75) is 0 Å². The molecule has 4 N–H and O–H groups in total. The molecule has 3 rings (SSSR count). The van der Waals surface area contributed by atoms with Crippen LogP contribution in [0.5, 0.6) is 0 Å². The van der Waals surface area contributed by atoms with Crippen molar-refractivity contribution in [3.8, 4) is 11.4 Å². The third-order valence-corrected chi connectivity index (χ3v) is 4.06. The highest BCUT2D eigenvalue weighted by Gasteiger charge is 2.13. The van der Waals surface area contributed by atoms with E-state index in [1.165, 1.54) is 0 Å². The zero-order valence-corrected chi connectivity index (χ0v) is 13.6. The molecule has 0 fully saturated rings. The molecule has 5 nitrogen and oxygen atoms in total. The first-order valence-electron chi connectivity index (χ1n) is 6.04. The highest BCUT2D eigenvalue weighted by molar-refractivity contribution is 14.1. The second kappa shape index (κ2) is 5.63. The van der Waals surface area contributed by atoms with Crippen LogP contribution in [-0.4, -0.2) is 15.9 Å². The second-order valence-corrected chi connectivity index (χ2v) is 6.07. The summed E-state index contributed by atoms with van der Waals surface area (Å²) in [6.45, 7) is 0. The Hall–Kier alpha value is -1.64. The minimum atomic E-state index is -0.399. The molecule has 0 unspecified atom stereocenters. The molecule has 0 aliphatic heterocycles. The molecule has 106 valence electrons. The van der Waals surface area contributed by atoms with Gasteiger partial charge in [-0.25, -0.2) is 10.8 Å². The normalized spacial score (nSPS) is 10.8. The Labute approximate surface area is 139 Å². The Balaban J connectivity index is 2.13. The maximum Gasteiger partial charge on any atom is 0.265 e. The van der Waals surface area contributed by atoms with Crippen LogP contribution < -0.4 is 11.3 Å². The van der Waals surface area contributed by atoms with Gasteiger partial charge in [-0.3, -0.25) is 10.2 Å². The predicted octanol–water partition coefficient (Wildman–Crippen LogP) is 3.09. The molecule has 0 atom stereocenters. The molecule has 0 radical (unpaired) electrons. The fourth-order valence-corrected chi connectivity index (χ4v) is 2.66. The van der Waals surface area contributed by atoms with Gasteiger partial charge in [0.15, 0.2) is 0 Å². The molecule has 7 heteroatoms. The molecule has 1 heterocycles. The average molecular weight is 413 g/mol. The quantitative estimate of drug-likeness (QED) is 0.262. The monoisotopic (exact) mass is 412 g/mol. The SMILES string of the molecule is NNC(=O)c1cc(Cl)c2nc(-c3ccc(I)cc3)[nH]c2c1. The molecule has 0 bridgehead atoms. The van der Waals surface area contributed by atoms with Crippen LogP contribution in [0, 0.1) is 3.57 Å². The fourth-order valence-electron chi connectivity index (χ4n) is 2.03. The number of aromatic nitrogens is 2. The number of amides is 1. The minimum Gasteiger partial charge on any atom is -0.338 e. The van der Waals surface area contributed by atoms with Crippen molar-refractivity contribution in [1.82, 2.24) is 15.4 Å². The van der Waals surface area contributed by atoms with Crippen LogP contribution >= 0.6 is 34.2 Å². The zero-order valence-electron chi connectivity index (χ0n) is 10.7. The van der Waals surface area contributed by atoms with Crippen molar-refractivity contribution in [1.29, 1.82) is 0 Å². The largest absolute Gasteiger partial charge is 0.338 e. The summed E-state index contributed by atoms with van der Waals surface area (Å²) in [6, 6.07) is 11.2. The summed E-state index contributed by atoms with van der Waals surface area (Å²) in [6.07, 6.45) is 0. The molecule has 0 aliphatic rings. The van der Waals surface area contributed by atoms with Crippen molar-refractivity contribution in [2.75, 3.05) is 0 Å². The smallest absolute Gasteiger partial charge is 0.265 e. The Morgan fingerprint density at radius 2 is 2.00 bits per heavy atom. The zero-order chi connectivity index (χ0) is 15.0. The van der Waals surface area contributed by atoms with E-state index in [2.05, 4.69) is 38.0 Å². The van der Waals surface area contributed by atoms with Crippen molar-refractivity contribution in [3.63, 3.8) is 0 Å². The van der Waals surface area contributed by atoms with Crippen LogP contribution in [0.3, 0.4) is 0 Å². The molecule has 0 spiro atoms. The number of imidazole rings is 1. The van der Waals surface area contributed by atoms with E-state index in [1.54, 1.807) is 12.1 Å². The Morgan fingerprint density at radius 1 is 1.29 bits per heavy atom. The second-order valence-electron chi connectivity index (χ2n) is 4.42. The number of hydrogen-bond donors (Lipinski definition) is 3. The lowest BCUT2D eigenvalue weighted by atomic mass is 10.2. The van der Waals surface area contributed by atoms with Crippen molar-refractivity contribution < 1.29 is 4.79 Å². The first-order chi connectivity index (χ1) is 10.1. The number of H-pyrrole nitrogens is 1. The lowest BCUT2D eigenvalue weighted by Crippen LogP contribution is -2.29. The summed E-state index contributed by atoms with van der Waals surface area (Å²) in [5.41, 5.74) is 4.73. The summed E-state index contributed by atoms with van der Waals surface area (Å²) >= 11 is 8.43. The van der Waals surface area contributed by atoms with Gasteiger partial charge >= 0.3 is 0 Å². The molecule has 0 aliphatic carbocycles. The predicted molar refractivity (Wildman–Crippen MR) is 90.9 cm³/mol. The maximum absolute atomic E-state index is 11.6. The third-order valence-electron chi connectivity index (χ3n) is 3.05. The number of nitrogens with zero attached hydrogens (tertiary/aromatic N) is 1. The van der Waals surface area contributed by atoms with Gasteiger partial charge < -0.3 is 4.98 Å². The summed E-state index contributed by atoms with van der Waals surface area (Å²) in [7, 11) is 0. The van der Waals surface area contributed by atoms with Crippen LogP contribution in [0.15, 0.2) is 36.4 Å². The van der Waals surface area contributed by atoms with Crippen LogP contribution in [0.2, 0.25) is 5.02 Å². The van der Waals surface area contributed by atoms with Crippen LogP contribution in [-0.2, 0) is 0 Å². The van der Waals surface area contributed by atoms with Gasteiger partial charge in [-0.1, -0.05) is 23.7 Å². The van der Waals surface area contributed by atoms with E-state index in [0.717, 1.165) is 9.13 Å². The third kappa shape index (κ3) is 2.74. The van der Waals surface area contributed by atoms with E-state index in [-0.39, 0.29) is 0 Å². The van der Waals surface area contributed by atoms with E-state index in [9.17, 15) is 4.79 Å². The first-order valence-corrected chi connectivity index (χ1v) is 7.50. The number of benzene rings is 2. The number of aromatic amines is 1. The van der Waals surface area contributed by atoms with Gasteiger partial charge in [-0.2, -0.15) is 0 Å². The van der Waals surface area contributed by atoms with Crippen LogP contribution in [0.4, 0.5) is 0 Å². The van der Waals surface area contributed by atoms with Gasteiger partial charge in [0.1, 0.15) is 11.3 Å². The molecule has 1 aromatic heterocycles. The number of halogens is 2. The minimum absolute atomic E-state index is 0.382. The lowest BCUT2D eigenvalue weighted by molar-refractivity contribution is 0.0954. The average Bonchev–Trinajstić information content (AvgIpc) is 2.91. The van der Waals surface area contributed by atoms with E-state index in [4.69, 9.17) is 17.4 Å². The van der Waals surface area contributed by atoms with Gasteiger partial charge in [-0.15, -0.1) is 0 Å². The molecular weight excluding hydrogens is 403 g/mol. The van der Waals surface area contributed by atoms with E-state index < -0.39 is 5.91 Å². The number of carbonyl (C=O) groups excluding carboxylic acids is 1. The van der Waals surface area contributed by atoms with Gasteiger partial charge in [-0.05, 0) is 46.9 Å². The fraction of sp³-hybridized carbons (Fsp3) is 0. The topological polar surface area (TPSA) is 83.8 Å². The number of nitrogens with one attached hydrogen (secondary N) is 2. The number of fused-ring (bicyclic) bond motifs is 1. The van der Waals surface area contributed by atoms with Crippen LogP contribution in [0.1, 0.15) is 10.4 Å². The molecule has 3 aromatic rings. The standard InChI is InChI=1S/C14H10ClIN4O/c15-10-5-8(14(21)20-17)6-11-12(10)19-13(18-11)7-1-3-9(16)4-2-7/h1-6H,17H2,(H,18,19)(H,20,21). The number of carbonyl (C=O) groups is 1. The lowest BCUT2D eigenvalue weighted by Gasteiger charge is -2.00. The van der Waals surface area contributed by atoms with Gasteiger partial charge in [0.2, 0.25) is 0 Å².